The van der Waals surface area contributed by atoms with E-state index in [0.29, 0.717) is 22.7 Å². The number of nitrogens with one attached hydrogen (secondary N) is 1. The van der Waals surface area contributed by atoms with E-state index in [-0.39, 0.29) is 29.1 Å². The summed E-state index contributed by atoms with van der Waals surface area (Å²) in [5, 5.41) is 14.0. The zero-order chi connectivity index (χ0) is 27.7. The highest BCUT2D eigenvalue weighted by Gasteiger charge is 2.24. The van der Waals surface area contributed by atoms with Gasteiger partial charge in [-0.1, -0.05) is 13.0 Å². The van der Waals surface area contributed by atoms with E-state index in [4.69, 9.17) is 0 Å². The van der Waals surface area contributed by atoms with E-state index in [9.17, 15) is 13.9 Å². The average Bonchev–Trinajstić information content (AvgIpc) is 3.09. The molecule has 1 aliphatic heterocycles. The van der Waals surface area contributed by atoms with Gasteiger partial charge in [-0.25, -0.2) is 28.7 Å². The second kappa shape index (κ2) is 11.3. The van der Waals surface area contributed by atoms with Crippen LogP contribution < -0.4 is 5.32 Å². The molecule has 3 aromatic heterocycles. The minimum Gasteiger partial charge on any atom is -0.388 e. The lowest BCUT2D eigenvalue weighted by Gasteiger charge is -2.22. The van der Waals surface area contributed by atoms with Crippen molar-refractivity contribution in [3.8, 4) is 11.3 Å². The molecule has 1 aromatic carbocycles. The van der Waals surface area contributed by atoms with Gasteiger partial charge in [-0.2, -0.15) is 0 Å². The van der Waals surface area contributed by atoms with Crippen LogP contribution in [-0.2, 0) is 0 Å². The molecule has 5 rings (SSSR count). The van der Waals surface area contributed by atoms with Gasteiger partial charge in [0.05, 0.1) is 17.8 Å². The van der Waals surface area contributed by atoms with E-state index in [1.54, 1.807) is 18.3 Å². The third kappa shape index (κ3) is 5.62. The Morgan fingerprint density at radius 1 is 1.05 bits per heavy atom. The topological polar surface area (TPSA) is 92.0 Å². The first kappa shape index (κ1) is 27.1. The Bertz CT molecular complexity index is 1450. The molecule has 0 spiro atoms. The number of nitrogens with zero attached hydrogens (tertiary/aromatic N) is 6. The number of aliphatic hydroxyl groups is 1. The van der Waals surface area contributed by atoms with Crippen LogP contribution in [0, 0.1) is 24.5 Å². The summed E-state index contributed by atoms with van der Waals surface area (Å²) >= 11 is 0. The number of anilines is 2. The summed E-state index contributed by atoms with van der Waals surface area (Å²) in [5.41, 5.74) is 1.86. The fourth-order valence-corrected chi connectivity index (χ4v) is 5.54. The van der Waals surface area contributed by atoms with Crippen molar-refractivity contribution in [2.45, 2.75) is 59.1 Å². The quantitative estimate of drug-likeness (QED) is 0.302. The summed E-state index contributed by atoms with van der Waals surface area (Å²) in [6.45, 7) is 11.1. The highest BCUT2D eigenvalue weighted by molar-refractivity contribution is 5.83. The van der Waals surface area contributed by atoms with Crippen LogP contribution in [0.15, 0.2) is 36.7 Å². The first-order valence-electron chi connectivity index (χ1n) is 13.6. The number of imidazole rings is 1. The second-order valence-corrected chi connectivity index (χ2v) is 10.5. The average molecular weight is 536 g/mol. The number of benzene rings is 1. The molecule has 10 heteroatoms. The molecule has 2 N–H and O–H groups in total. The Labute approximate surface area is 227 Å². The largest absolute Gasteiger partial charge is 0.388 e. The van der Waals surface area contributed by atoms with Crippen LogP contribution in [0.5, 0.6) is 0 Å². The predicted octanol–water partition coefficient (Wildman–Crippen LogP) is 5.95. The summed E-state index contributed by atoms with van der Waals surface area (Å²) < 4.78 is 31.7. The van der Waals surface area contributed by atoms with Crippen molar-refractivity contribution < 1.29 is 13.9 Å². The molecule has 1 fully saturated rings. The maximum atomic E-state index is 15.0. The third-order valence-electron chi connectivity index (χ3n) is 7.59. The van der Waals surface area contributed by atoms with Gasteiger partial charge in [-0.05, 0) is 89.3 Å². The van der Waals surface area contributed by atoms with E-state index < -0.39 is 17.7 Å². The number of hydrogen-bond acceptors (Lipinski definition) is 7. The van der Waals surface area contributed by atoms with Gasteiger partial charge in [-0.3, -0.25) is 0 Å². The summed E-state index contributed by atoms with van der Waals surface area (Å²) in [5.74, 6) is 0.260. The van der Waals surface area contributed by atoms with Crippen molar-refractivity contribution in [3.63, 3.8) is 0 Å². The molecule has 39 heavy (non-hydrogen) atoms. The molecule has 4 heterocycles. The number of fused-ring (bicyclic) bond motifs is 1. The van der Waals surface area contributed by atoms with Crippen molar-refractivity contribution in [1.29, 1.82) is 0 Å². The van der Waals surface area contributed by atoms with Crippen molar-refractivity contribution in [3.05, 3.63) is 59.7 Å². The predicted molar refractivity (Wildman–Crippen MR) is 148 cm³/mol. The van der Waals surface area contributed by atoms with Crippen molar-refractivity contribution >= 4 is 22.8 Å². The van der Waals surface area contributed by atoms with Gasteiger partial charge in [0, 0.05) is 17.8 Å². The molecule has 206 valence electrons. The van der Waals surface area contributed by atoms with Crippen LogP contribution in [0.2, 0.25) is 0 Å². The number of aliphatic hydroxyl groups excluding tert-OH is 1. The van der Waals surface area contributed by atoms with Gasteiger partial charge >= 0.3 is 0 Å². The number of aromatic nitrogens is 5. The normalized spacial score (nSPS) is 17.5. The lowest BCUT2D eigenvalue weighted by Crippen LogP contribution is -2.24. The first-order chi connectivity index (χ1) is 18.7. The van der Waals surface area contributed by atoms with E-state index >= 15 is 0 Å². The maximum Gasteiger partial charge on any atom is 0.229 e. The molecular formula is C29H35F2N7O. The van der Waals surface area contributed by atoms with Crippen LogP contribution in [0.3, 0.4) is 0 Å². The number of hydrogen-bond donors (Lipinski definition) is 2. The molecule has 0 radical (unpaired) electrons. The molecule has 1 saturated heterocycles. The molecule has 0 aliphatic carbocycles. The van der Waals surface area contributed by atoms with Gasteiger partial charge in [-0.15, -0.1) is 0 Å². The third-order valence-corrected chi connectivity index (χ3v) is 7.59. The smallest absolute Gasteiger partial charge is 0.229 e. The fourth-order valence-electron chi connectivity index (χ4n) is 5.54. The van der Waals surface area contributed by atoms with Crippen LogP contribution >= 0.6 is 0 Å². The Morgan fingerprint density at radius 2 is 1.87 bits per heavy atom. The summed E-state index contributed by atoms with van der Waals surface area (Å²) in [6, 6.07) is 6.59. The van der Waals surface area contributed by atoms with Crippen LogP contribution in [0.25, 0.3) is 22.3 Å². The van der Waals surface area contributed by atoms with E-state index in [0.717, 1.165) is 50.7 Å². The minimum atomic E-state index is -0.664. The molecule has 0 amide bonds. The van der Waals surface area contributed by atoms with Gasteiger partial charge in [0.1, 0.15) is 22.9 Å². The SMILES string of the molecule is CCN1CCCC([C@H](O)c2ccc(Nc3ncc(F)c(-c4cc(F)c5nc(C)n(C(C)C)c5c4)n3)nc2)CC1. The van der Waals surface area contributed by atoms with Crippen molar-refractivity contribution in [2.24, 2.45) is 5.92 Å². The fraction of sp³-hybridized carbons (Fsp3) is 0.448. The van der Waals surface area contributed by atoms with Crippen LogP contribution in [0.1, 0.15) is 63.6 Å². The Hall–Kier alpha value is -3.50. The zero-order valence-electron chi connectivity index (χ0n) is 22.8. The van der Waals surface area contributed by atoms with E-state index in [1.165, 1.54) is 6.07 Å². The standard InChI is InChI=1S/C29H35F2N7O/c1-5-37-11-6-7-19(10-12-37)28(39)20-8-9-25(32-15-20)35-29-33-16-23(31)26(36-29)21-13-22(30)27-24(14-21)38(17(2)3)18(4)34-27/h8-9,13-17,19,28,39H,5-7,10-12H2,1-4H3,(H,32,33,35,36)/t19?,28-/m0/s1. The first-order valence-corrected chi connectivity index (χ1v) is 13.6. The molecule has 8 nitrogen and oxygen atoms in total. The summed E-state index contributed by atoms with van der Waals surface area (Å²) in [6.07, 6.45) is 5.13. The number of pyridine rings is 1. The second-order valence-electron chi connectivity index (χ2n) is 10.5. The van der Waals surface area contributed by atoms with Crippen LogP contribution in [0.4, 0.5) is 20.5 Å². The van der Waals surface area contributed by atoms with Gasteiger partial charge in [0.15, 0.2) is 11.6 Å². The molecule has 4 aromatic rings. The highest BCUT2D eigenvalue weighted by Crippen LogP contribution is 2.32. The lowest BCUT2D eigenvalue weighted by atomic mass is 9.90. The Kier molecular flexibility index (Phi) is 7.86. The van der Waals surface area contributed by atoms with E-state index in [2.05, 4.69) is 37.1 Å². The summed E-state index contributed by atoms with van der Waals surface area (Å²) in [7, 11) is 0. The number of rotatable bonds is 7. The molecule has 2 atom stereocenters. The molecule has 1 unspecified atom stereocenters. The van der Waals surface area contributed by atoms with Crippen molar-refractivity contribution in [1.82, 2.24) is 29.4 Å². The van der Waals surface area contributed by atoms with Crippen molar-refractivity contribution in [2.75, 3.05) is 25.0 Å². The zero-order valence-corrected chi connectivity index (χ0v) is 22.8. The number of halogens is 2. The van der Waals surface area contributed by atoms with Gasteiger partial charge < -0.3 is 19.9 Å². The Balaban J connectivity index is 1.36. The molecule has 0 saturated carbocycles. The van der Waals surface area contributed by atoms with Gasteiger partial charge in [0.25, 0.3) is 0 Å². The Morgan fingerprint density at radius 3 is 2.59 bits per heavy atom. The van der Waals surface area contributed by atoms with E-state index in [1.807, 2.05) is 31.4 Å². The molecule has 0 bridgehead atoms. The lowest BCUT2D eigenvalue weighted by molar-refractivity contribution is 0.0983. The monoisotopic (exact) mass is 535 g/mol. The molecular weight excluding hydrogens is 500 g/mol. The molecule has 1 aliphatic rings. The van der Waals surface area contributed by atoms with Crippen LogP contribution in [-0.4, -0.2) is 54.1 Å². The highest BCUT2D eigenvalue weighted by atomic mass is 19.1. The van der Waals surface area contributed by atoms with Gasteiger partial charge in [0.2, 0.25) is 5.95 Å². The summed E-state index contributed by atoms with van der Waals surface area (Å²) in [4.78, 5) is 19.6. The maximum absolute atomic E-state index is 15.0. The number of aryl methyl sites for hydroxylation is 1. The number of likely N-dealkylation sites (tertiary alicyclic amines) is 1. The minimum absolute atomic E-state index is 0.0241.